The average molecular weight is 259 g/mol. The molecule has 1 aliphatic heterocycles. The van der Waals surface area contributed by atoms with Crippen molar-refractivity contribution in [2.45, 2.75) is 37.3 Å². The number of hydrogen-bond donors (Lipinski definition) is 0. The third kappa shape index (κ3) is 1.96. The van der Waals surface area contributed by atoms with Gasteiger partial charge in [0.25, 0.3) is 0 Å². The summed E-state index contributed by atoms with van der Waals surface area (Å²) in [6, 6.07) is 9.54. The van der Waals surface area contributed by atoms with Gasteiger partial charge in [0.2, 0.25) is 5.90 Å². The zero-order valence-corrected chi connectivity index (χ0v) is 11.0. The number of ether oxygens (including phenoxy) is 2. The van der Waals surface area contributed by atoms with E-state index in [0.717, 1.165) is 24.8 Å². The Bertz CT molecular complexity index is 511. The van der Waals surface area contributed by atoms with Crippen molar-refractivity contribution in [3.8, 4) is 0 Å². The van der Waals surface area contributed by atoms with Gasteiger partial charge in [-0.15, -0.1) is 0 Å². The maximum absolute atomic E-state index is 12.3. The minimum absolute atomic E-state index is 0.171. The van der Waals surface area contributed by atoms with E-state index < -0.39 is 5.54 Å². The average Bonchev–Trinajstić information content (AvgIpc) is 2.78. The van der Waals surface area contributed by atoms with E-state index in [1.165, 1.54) is 0 Å². The molecule has 100 valence electrons. The molecule has 4 heteroatoms. The second-order valence-corrected chi connectivity index (χ2v) is 5.07. The standard InChI is InChI=1S/C15H17NO3/c1-18-12-9-5-6-10-15(12)14(17)19-13(16-15)11-7-3-2-4-8-11/h2-4,7-8,12H,5-6,9-10H2,1H3/t12-,15-/m0/s1. The van der Waals surface area contributed by atoms with Crippen LogP contribution < -0.4 is 0 Å². The number of nitrogens with zero attached hydrogens (tertiary/aromatic N) is 1. The van der Waals surface area contributed by atoms with Gasteiger partial charge in [0.05, 0.1) is 6.10 Å². The third-order valence-electron chi connectivity index (χ3n) is 3.96. The lowest BCUT2D eigenvalue weighted by atomic mass is 9.80. The van der Waals surface area contributed by atoms with E-state index in [9.17, 15) is 4.79 Å². The van der Waals surface area contributed by atoms with Crippen molar-refractivity contribution < 1.29 is 14.3 Å². The van der Waals surface area contributed by atoms with Crippen LogP contribution in [0.25, 0.3) is 0 Å². The van der Waals surface area contributed by atoms with Crippen LogP contribution in [0.1, 0.15) is 31.2 Å². The first kappa shape index (κ1) is 12.4. The fourth-order valence-electron chi connectivity index (χ4n) is 2.93. The zero-order chi connectivity index (χ0) is 13.3. The van der Waals surface area contributed by atoms with Gasteiger partial charge in [0, 0.05) is 12.7 Å². The van der Waals surface area contributed by atoms with E-state index in [1.807, 2.05) is 30.3 Å². The number of aliphatic imine (C=N–C) groups is 1. The Morgan fingerprint density at radius 2 is 2.11 bits per heavy atom. The maximum Gasteiger partial charge on any atom is 0.343 e. The Kier molecular flexibility index (Phi) is 3.11. The summed E-state index contributed by atoms with van der Waals surface area (Å²) in [7, 11) is 1.64. The van der Waals surface area contributed by atoms with Crippen LogP contribution in [0.3, 0.4) is 0 Å². The van der Waals surface area contributed by atoms with Crippen LogP contribution in [0.5, 0.6) is 0 Å². The van der Waals surface area contributed by atoms with E-state index in [2.05, 4.69) is 4.99 Å². The normalized spacial score (nSPS) is 30.3. The van der Waals surface area contributed by atoms with Crippen LogP contribution >= 0.6 is 0 Å². The smallest absolute Gasteiger partial charge is 0.343 e. The molecule has 0 aromatic heterocycles. The van der Waals surface area contributed by atoms with E-state index in [-0.39, 0.29) is 12.1 Å². The Morgan fingerprint density at radius 3 is 2.84 bits per heavy atom. The molecule has 1 saturated carbocycles. The van der Waals surface area contributed by atoms with Crippen molar-refractivity contribution in [1.29, 1.82) is 0 Å². The highest BCUT2D eigenvalue weighted by atomic mass is 16.6. The summed E-state index contributed by atoms with van der Waals surface area (Å²) in [6.45, 7) is 0. The summed E-state index contributed by atoms with van der Waals surface area (Å²) in [5.74, 6) is 0.160. The van der Waals surface area contributed by atoms with Gasteiger partial charge >= 0.3 is 5.97 Å². The van der Waals surface area contributed by atoms with E-state index in [1.54, 1.807) is 7.11 Å². The van der Waals surface area contributed by atoms with Crippen LogP contribution in [0.4, 0.5) is 0 Å². The minimum Gasteiger partial charge on any atom is -0.405 e. The van der Waals surface area contributed by atoms with Crippen LogP contribution in [-0.4, -0.2) is 30.6 Å². The molecule has 0 N–H and O–H groups in total. The van der Waals surface area contributed by atoms with Gasteiger partial charge in [-0.1, -0.05) is 31.0 Å². The Balaban J connectivity index is 1.98. The molecule has 1 aliphatic carbocycles. The summed E-state index contributed by atoms with van der Waals surface area (Å²) in [4.78, 5) is 16.9. The summed E-state index contributed by atoms with van der Waals surface area (Å²) >= 11 is 0. The third-order valence-corrected chi connectivity index (χ3v) is 3.96. The fraction of sp³-hybridized carbons (Fsp3) is 0.467. The maximum atomic E-state index is 12.3. The van der Waals surface area contributed by atoms with Crippen molar-refractivity contribution in [2.24, 2.45) is 4.99 Å². The molecule has 1 aromatic rings. The lowest BCUT2D eigenvalue weighted by molar-refractivity contribution is -0.146. The molecule has 1 aromatic carbocycles. The predicted molar refractivity (Wildman–Crippen MR) is 71.1 cm³/mol. The van der Waals surface area contributed by atoms with Gasteiger partial charge < -0.3 is 9.47 Å². The van der Waals surface area contributed by atoms with Gasteiger partial charge in [-0.3, -0.25) is 0 Å². The number of carbonyl (C=O) groups is 1. The number of hydrogen-bond acceptors (Lipinski definition) is 4. The van der Waals surface area contributed by atoms with Gasteiger partial charge in [0.15, 0.2) is 5.54 Å². The number of esters is 1. The van der Waals surface area contributed by atoms with Gasteiger partial charge in [-0.05, 0) is 25.0 Å². The second-order valence-electron chi connectivity index (χ2n) is 5.07. The van der Waals surface area contributed by atoms with E-state index in [0.29, 0.717) is 12.3 Å². The molecule has 19 heavy (non-hydrogen) atoms. The highest BCUT2D eigenvalue weighted by Crippen LogP contribution is 2.38. The van der Waals surface area contributed by atoms with Crippen molar-refractivity contribution in [3.63, 3.8) is 0 Å². The molecule has 0 amide bonds. The Morgan fingerprint density at radius 1 is 1.32 bits per heavy atom. The summed E-state index contributed by atoms with van der Waals surface area (Å²) in [5, 5.41) is 0. The molecule has 2 aliphatic rings. The molecule has 2 atom stereocenters. The molecule has 0 saturated heterocycles. The summed E-state index contributed by atoms with van der Waals surface area (Å²) in [5.41, 5.74) is 0.0196. The number of benzene rings is 1. The Hall–Kier alpha value is -1.68. The molecule has 1 heterocycles. The first-order valence-corrected chi connectivity index (χ1v) is 6.66. The highest BCUT2D eigenvalue weighted by molar-refractivity contribution is 6.08. The monoisotopic (exact) mass is 259 g/mol. The molecule has 1 spiro atoms. The molecular weight excluding hydrogens is 242 g/mol. The van der Waals surface area contributed by atoms with Crippen LogP contribution in [0.15, 0.2) is 35.3 Å². The van der Waals surface area contributed by atoms with Gasteiger partial charge in [-0.2, -0.15) is 0 Å². The van der Waals surface area contributed by atoms with Crippen LogP contribution in [0, 0.1) is 0 Å². The lowest BCUT2D eigenvalue weighted by Gasteiger charge is -2.34. The van der Waals surface area contributed by atoms with Crippen molar-refractivity contribution in [2.75, 3.05) is 7.11 Å². The topological polar surface area (TPSA) is 47.9 Å². The second kappa shape index (κ2) is 4.78. The van der Waals surface area contributed by atoms with E-state index >= 15 is 0 Å². The molecule has 0 radical (unpaired) electrons. The van der Waals surface area contributed by atoms with Crippen molar-refractivity contribution in [1.82, 2.24) is 0 Å². The Labute approximate surface area is 112 Å². The molecule has 4 nitrogen and oxygen atoms in total. The van der Waals surface area contributed by atoms with Crippen LogP contribution in [0.2, 0.25) is 0 Å². The SMILES string of the molecule is CO[C@H]1CCCC[C@]12N=C(c1ccccc1)OC2=O. The molecule has 1 fully saturated rings. The summed E-state index contributed by atoms with van der Waals surface area (Å²) in [6.07, 6.45) is 3.46. The predicted octanol–water partition coefficient (Wildman–Crippen LogP) is 2.32. The van der Waals surface area contributed by atoms with E-state index in [4.69, 9.17) is 9.47 Å². The number of carbonyl (C=O) groups excluding carboxylic acids is 1. The van der Waals surface area contributed by atoms with Crippen LogP contribution in [-0.2, 0) is 14.3 Å². The molecular formula is C15H17NO3. The van der Waals surface area contributed by atoms with Gasteiger partial charge in [-0.25, -0.2) is 9.79 Å². The van der Waals surface area contributed by atoms with Crippen molar-refractivity contribution in [3.05, 3.63) is 35.9 Å². The number of cyclic esters (lactones) is 1. The lowest BCUT2D eigenvalue weighted by Crippen LogP contribution is -2.49. The first-order valence-electron chi connectivity index (χ1n) is 6.66. The zero-order valence-electron chi connectivity index (χ0n) is 11.0. The first-order chi connectivity index (χ1) is 9.26. The fourth-order valence-corrected chi connectivity index (χ4v) is 2.93. The molecule has 3 rings (SSSR count). The molecule has 0 unspecified atom stereocenters. The van der Waals surface area contributed by atoms with Crippen molar-refractivity contribution >= 4 is 11.9 Å². The van der Waals surface area contributed by atoms with Gasteiger partial charge in [0.1, 0.15) is 0 Å². The number of rotatable bonds is 2. The quantitative estimate of drug-likeness (QED) is 0.766. The highest BCUT2D eigenvalue weighted by Gasteiger charge is 2.53. The summed E-state index contributed by atoms with van der Waals surface area (Å²) < 4.78 is 10.9. The largest absolute Gasteiger partial charge is 0.405 e. The number of methoxy groups -OCH3 is 1. The molecule has 0 bridgehead atoms. The minimum atomic E-state index is -0.821.